The monoisotopic (exact) mass is 268 g/mol. The summed E-state index contributed by atoms with van der Waals surface area (Å²) < 4.78 is 18.3. The number of hydrogen-bond acceptors (Lipinski definition) is 4. The zero-order chi connectivity index (χ0) is 13.4. The van der Waals surface area contributed by atoms with Gasteiger partial charge in [-0.2, -0.15) is 0 Å². The summed E-state index contributed by atoms with van der Waals surface area (Å²) in [5.41, 5.74) is -0.316. The van der Waals surface area contributed by atoms with Gasteiger partial charge in [0, 0.05) is 18.3 Å². The molecule has 4 nitrogen and oxygen atoms in total. The van der Waals surface area contributed by atoms with Gasteiger partial charge in [-0.15, -0.1) is 0 Å². The maximum absolute atomic E-state index is 10.1. The zero-order valence-electron chi connectivity index (χ0n) is 12.0. The van der Waals surface area contributed by atoms with E-state index in [9.17, 15) is 5.11 Å². The van der Waals surface area contributed by atoms with Crippen LogP contribution in [0.3, 0.4) is 0 Å². The Bertz CT molecular complexity index is 400. The van der Waals surface area contributed by atoms with Gasteiger partial charge in [-0.1, -0.05) is 13.8 Å². The minimum Gasteiger partial charge on any atom is -0.368 e. The van der Waals surface area contributed by atoms with Crippen LogP contribution in [0.4, 0.5) is 0 Å². The van der Waals surface area contributed by atoms with Crippen LogP contribution in [-0.4, -0.2) is 29.1 Å². The Balaban J connectivity index is 1.81. The molecule has 4 heteroatoms. The van der Waals surface area contributed by atoms with Crippen molar-refractivity contribution in [1.29, 1.82) is 0 Å². The van der Waals surface area contributed by atoms with E-state index in [1.807, 2.05) is 6.92 Å². The summed E-state index contributed by atoms with van der Waals surface area (Å²) in [4.78, 5) is 0. The third-order valence-corrected chi connectivity index (χ3v) is 6.15. The summed E-state index contributed by atoms with van der Waals surface area (Å²) in [6.45, 7) is 6.43. The molecule has 0 aromatic rings. The second kappa shape index (κ2) is 3.73. The molecule has 0 aromatic heterocycles. The summed E-state index contributed by atoms with van der Waals surface area (Å²) in [5, 5.41) is 10.1. The van der Waals surface area contributed by atoms with Gasteiger partial charge in [0.1, 0.15) is 5.60 Å². The Morgan fingerprint density at radius 3 is 2.68 bits per heavy atom. The smallest absolute Gasteiger partial charge is 0.193 e. The van der Waals surface area contributed by atoms with Crippen LogP contribution in [0, 0.1) is 23.7 Å². The highest BCUT2D eigenvalue weighted by Crippen LogP contribution is 2.63. The molecule has 2 bridgehead atoms. The lowest BCUT2D eigenvalue weighted by Crippen LogP contribution is -2.66. The van der Waals surface area contributed by atoms with Crippen LogP contribution in [0.1, 0.15) is 46.5 Å². The van der Waals surface area contributed by atoms with Gasteiger partial charge in [0.15, 0.2) is 18.4 Å². The average Bonchev–Trinajstić information content (AvgIpc) is 2.56. The van der Waals surface area contributed by atoms with Gasteiger partial charge >= 0.3 is 0 Å². The molecular formula is C15H24O4. The van der Waals surface area contributed by atoms with Crippen LogP contribution < -0.4 is 0 Å². The second-order valence-electron chi connectivity index (χ2n) is 7.23. The molecular weight excluding hydrogens is 244 g/mol. The van der Waals surface area contributed by atoms with E-state index in [1.54, 1.807) is 0 Å². The summed E-state index contributed by atoms with van der Waals surface area (Å²) in [6, 6.07) is 0. The largest absolute Gasteiger partial charge is 0.368 e. The second-order valence-corrected chi connectivity index (χ2v) is 7.23. The van der Waals surface area contributed by atoms with Crippen molar-refractivity contribution < 1.29 is 19.3 Å². The van der Waals surface area contributed by atoms with Crippen molar-refractivity contribution in [2.45, 2.75) is 70.4 Å². The molecule has 1 saturated carbocycles. The van der Waals surface area contributed by atoms with E-state index in [-0.39, 0.29) is 17.8 Å². The molecule has 0 aromatic carbocycles. The Labute approximate surface area is 114 Å². The molecule has 0 radical (unpaired) electrons. The lowest BCUT2D eigenvalue weighted by atomic mass is 9.57. The van der Waals surface area contributed by atoms with E-state index >= 15 is 0 Å². The van der Waals surface area contributed by atoms with Crippen molar-refractivity contribution in [3.8, 4) is 0 Å². The van der Waals surface area contributed by atoms with Crippen molar-refractivity contribution >= 4 is 0 Å². The first-order chi connectivity index (χ1) is 8.96. The quantitative estimate of drug-likeness (QED) is 0.732. The summed E-state index contributed by atoms with van der Waals surface area (Å²) in [7, 11) is 0. The van der Waals surface area contributed by atoms with Crippen LogP contribution >= 0.6 is 0 Å². The number of hydrogen-bond donors (Lipinski definition) is 1. The molecule has 108 valence electrons. The van der Waals surface area contributed by atoms with Crippen molar-refractivity contribution in [2.24, 2.45) is 23.7 Å². The topological polar surface area (TPSA) is 47.9 Å². The molecule has 1 spiro atoms. The number of aliphatic hydroxyl groups is 1. The summed E-state index contributed by atoms with van der Waals surface area (Å²) in [5.74, 6) is 1.11. The van der Waals surface area contributed by atoms with Crippen LogP contribution in [0.25, 0.3) is 0 Å². The highest BCUT2D eigenvalue weighted by molar-refractivity contribution is 5.12. The first kappa shape index (κ1) is 12.6. The average molecular weight is 268 g/mol. The molecule has 3 aliphatic heterocycles. The minimum atomic E-state index is -0.721. The van der Waals surface area contributed by atoms with Gasteiger partial charge < -0.3 is 19.3 Å². The molecule has 4 fully saturated rings. The predicted molar refractivity (Wildman–Crippen MR) is 68.0 cm³/mol. The maximum atomic E-state index is 10.1. The van der Waals surface area contributed by atoms with Crippen molar-refractivity contribution in [1.82, 2.24) is 0 Å². The van der Waals surface area contributed by atoms with Crippen LogP contribution in [0.2, 0.25) is 0 Å². The lowest BCUT2D eigenvalue weighted by Gasteiger charge is -2.57. The fraction of sp³-hybridized carbons (Fsp3) is 1.00. The van der Waals surface area contributed by atoms with Crippen molar-refractivity contribution in [3.05, 3.63) is 0 Å². The third kappa shape index (κ3) is 1.44. The van der Waals surface area contributed by atoms with Gasteiger partial charge in [0.05, 0.1) is 0 Å². The molecule has 4 aliphatic rings. The van der Waals surface area contributed by atoms with Gasteiger partial charge in [0.2, 0.25) is 0 Å². The molecule has 1 aliphatic carbocycles. The number of ether oxygens (including phenoxy) is 3. The number of rotatable bonds is 0. The molecule has 19 heavy (non-hydrogen) atoms. The molecule has 3 saturated heterocycles. The summed E-state index contributed by atoms with van der Waals surface area (Å²) >= 11 is 0. The van der Waals surface area contributed by atoms with Crippen LogP contribution in [0.5, 0.6) is 0 Å². The Morgan fingerprint density at radius 2 is 1.89 bits per heavy atom. The fourth-order valence-corrected chi connectivity index (χ4v) is 5.15. The van der Waals surface area contributed by atoms with Gasteiger partial charge in [-0.05, 0) is 38.0 Å². The normalized spacial score (nSPS) is 63.8. The minimum absolute atomic E-state index is 0.121. The van der Waals surface area contributed by atoms with E-state index < -0.39 is 12.1 Å². The molecule has 1 N–H and O–H groups in total. The third-order valence-electron chi connectivity index (χ3n) is 6.15. The number of fused-ring (bicyclic) bond motifs is 1. The lowest BCUT2D eigenvalue weighted by molar-refractivity contribution is -0.326. The maximum Gasteiger partial charge on any atom is 0.193 e. The first-order valence-electron chi connectivity index (χ1n) is 7.68. The predicted octanol–water partition coefficient (Wildman–Crippen LogP) is 2.26. The summed E-state index contributed by atoms with van der Waals surface area (Å²) in [6.07, 6.45) is 3.30. The first-order valence-corrected chi connectivity index (χ1v) is 7.68. The highest BCUT2D eigenvalue weighted by atomic mass is 16.9. The Kier molecular flexibility index (Phi) is 2.47. The molecule has 0 amide bonds. The van der Waals surface area contributed by atoms with E-state index in [0.717, 1.165) is 19.3 Å². The SMILES string of the molecule is C[C@H]1[C@@H](O)O[C@@H]2O[C@@]3(C)CC[C@H]4[C@H](C)CC[C@@H]1[C@@]24O3. The van der Waals surface area contributed by atoms with Gasteiger partial charge in [-0.3, -0.25) is 0 Å². The van der Waals surface area contributed by atoms with E-state index in [0.29, 0.717) is 17.8 Å². The molecule has 4 rings (SSSR count). The van der Waals surface area contributed by atoms with Gasteiger partial charge in [-0.25, -0.2) is 0 Å². The van der Waals surface area contributed by atoms with Crippen molar-refractivity contribution in [2.75, 3.05) is 0 Å². The Hall–Kier alpha value is -0.160. The van der Waals surface area contributed by atoms with Crippen molar-refractivity contribution in [3.63, 3.8) is 0 Å². The van der Waals surface area contributed by atoms with Crippen LogP contribution in [0.15, 0.2) is 0 Å². The zero-order valence-corrected chi connectivity index (χ0v) is 12.0. The molecule has 0 unspecified atom stereocenters. The number of aliphatic hydroxyl groups excluding tert-OH is 1. The van der Waals surface area contributed by atoms with Crippen LogP contribution in [-0.2, 0) is 14.2 Å². The van der Waals surface area contributed by atoms with Gasteiger partial charge in [0.25, 0.3) is 0 Å². The Morgan fingerprint density at radius 1 is 1.11 bits per heavy atom. The molecule has 3 heterocycles. The van der Waals surface area contributed by atoms with E-state index in [4.69, 9.17) is 14.2 Å². The van der Waals surface area contributed by atoms with E-state index in [1.165, 1.54) is 6.42 Å². The standard InChI is InChI=1S/C15H24O4/c1-8-4-5-11-9(2)12(16)17-13-15(11)10(8)6-7-14(3,18-13)19-15/h8-13,16H,4-7H2,1-3H3/t8-,9-,10+,11+,12+,13-,14-,15-/m1/s1. The fourth-order valence-electron chi connectivity index (χ4n) is 5.15. The molecule has 8 atom stereocenters. The van der Waals surface area contributed by atoms with E-state index in [2.05, 4.69) is 13.8 Å². The highest BCUT2D eigenvalue weighted by Gasteiger charge is 2.71.